The van der Waals surface area contributed by atoms with Crippen LogP contribution in [0, 0.1) is 0 Å². The van der Waals surface area contributed by atoms with Gasteiger partial charge in [-0.3, -0.25) is 4.90 Å². The molecule has 0 bridgehead atoms. The van der Waals surface area contributed by atoms with Crippen LogP contribution in [0.25, 0.3) is 0 Å². The fraction of sp³-hybridized carbons (Fsp3) is 1.00. The first-order chi connectivity index (χ1) is 8.65. The molecule has 0 aromatic heterocycles. The molecule has 0 amide bonds. The molecule has 1 N–H and O–H groups in total. The Bertz CT molecular complexity index is 203. The van der Waals surface area contributed by atoms with E-state index < -0.39 is 0 Å². The Morgan fingerprint density at radius 1 is 1.17 bits per heavy atom. The Morgan fingerprint density at radius 3 is 2.61 bits per heavy atom. The van der Waals surface area contributed by atoms with Crippen molar-refractivity contribution in [3.63, 3.8) is 0 Å². The smallest absolute Gasteiger partial charge is 0.00954 e. The molecule has 1 rings (SSSR count). The predicted molar refractivity (Wildman–Crippen MR) is 81.1 cm³/mol. The third kappa shape index (κ3) is 5.71. The second-order valence-electron chi connectivity index (χ2n) is 6.25. The van der Waals surface area contributed by atoms with E-state index in [0.29, 0.717) is 6.04 Å². The Hall–Kier alpha value is -0.0800. The van der Waals surface area contributed by atoms with Crippen LogP contribution in [-0.2, 0) is 0 Å². The lowest BCUT2D eigenvalue weighted by Gasteiger charge is -2.35. The minimum atomic E-state index is 0.627. The highest BCUT2D eigenvalue weighted by atomic mass is 15.2. The van der Waals surface area contributed by atoms with Gasteiger partial charge in [0.05, 0.1) is 0 Å². The highest BCUT2D eigenvalue weighted by Crippen LogP contribution is 2.22. The van der Waals surface area contributed by atoms with Crippen LogP contribution in [0.1, 0.15) is 72.6 Å². The van der Waals surface area contributed by atoms with Crippen LogP contribution in [0.5, 0.6) is 0 Å². The van der Waals surface area contributed by atoms with Crippen LogP contribution in [-0.4, -0.2) is 36.1 Å². The van der Waals surface area contributed by atoms with Crippen LogP contribution in [0.15, 0.2) is 0 Å². The van der Waals surface area contributed by atoms with E-state index in [4.69, 9.17) is 0 Å². The lowest BCUT2D eigenvalue weighted by atomic mass is 10.0. The molecule has 2 heteroatoms. The second-order valence-corrected chi connectivity index (χ2v) is 6.25. The molecule has 108 valence electrons. The molecule has 1 fully saturated rings. The van der Waals surface area contributed by atoms with Crippen molar-refractivity contribution in [1.29, 1.82) is 0 Å². The summed E-state index contributed by atoms with van der Waals surface area (Å²) >= 11 is 0. The lowest BCUT2D eigenvalue weighted by Crippen LogP contribution is -2.41. The Labute approximate surface area is 115 Å². The van der Waals surface area contributed by atoms with Crippen molar-refractivity contribution in [2.24, 2.45) is 0 Å². The number of rotatable bonds is 7. The van der Waals surface area contributed by atoms with Crippen molar-refractivity contribution in [3.05, 3.63) is 0 Å². The highest BCUT2D eigenvalue weighted by molar-refractivity contribution is 4.79. The molecule has 0 aromatic rings. The maximum atomic E-state index is 3.52. The predicted octanol–water partition coefficient (Wildman–Crippen LogP) is 3.81. The fourth-order valence-electron chi connectivity index (χ4n) is 3.17. The van der Waals surface area contributed by atoms with Gasteiger partial charge in [-0.15, -0.1) is 0 Å². The topological polar surface area (TPSA) is 15.3 Å². The molecule has 1 heterocycles. The van der Waals surface area contributed by atoms with Gasteiger partial charge in [0.2, 0.25) is 0 Å². The van der Waals surface area contributed by atoms with Crippen LogP contribution in [0.4, 0.5) is 0 Å². The van der Waals surface area contributed by atoms with Crippen molar-refractivity contribution >= 4 is 0 Å². The molecule has 0 spiro atoms. The monoisotopic (exact) mass is 254 g/mol. The summed E-state index contributed by atoms with van der Waals surface area (Å²) in [5.41, 5.74) is 0. The zero-order valence-electron chi connectivity index (χ0n) is 13.0. The van der Waals surface area contributed by atoms with Gasteiger partial charge < -0.3 is 5.32 Å². The van der Waals surface area contributed by atoms with E-state index in [1.54, 1.807) is 0 Å². The average Bonchev–Trinajstić information content (AvgIpc) is 2.59. The molecule has 18 heavy (non-hydrogen) atoms. The van der Waals surface area contributed by atoms with Crippen molar-refractivity contribution in [3.8, 4) is 0 Å². The quantitative estimate of drug-likeness (QED) is 0.695. The van der Waals surface area contributed by atoms with Gasteiger partial charge in [-0.2, -0.15) is 0 Å². The molecular formula is C16H34N2. The molecule has 2 unspecified atom stereocenters. The Kier molecular flexibility index (Phi) is 7.92. The summed E-state index contributed by atoms with van der Waals surface area (Å²) in [6.07, 6.45) is 9.69. The summed E-state index contributed by atoms with van der Waals surface area (Å²) < 4.78 is 0. The van der Waals surface area contributed by atoms with Crippen molar-refractivity contribution in [2.75, 3.05) is 13.1 Å². The van der Waals surface area contributed by atoms with Gasteiger partial charge >= 0.3 is 0 Å². The van der Waals surface area contributed by atoms with Gasteiger partial charge in [0.15, 0.2) is 0 Å². The summed E-state index contributed by atoms with van der Waals surface area (Å²) in [6.45, 7) is 11.7. The third-order valence-corrected chi connectivity index (χ3v) is 4.31. The largest absolute Gasteiger partial charge is 0.315 e. The van der Waals surface area contributed by atoms with Crippen LogP contribution in [0.3, 0.4) is 0 Å². The first kappa shape index (κ1) is 16.0. The van der Waals surface area contributed by atoms with E-state index in [1.165, 1.54) is 58.0 Å². The molecular weight excluding hydrogens is 220 g/mol. The van der Waals surface area contributed by atoms with Gasteiger partial charge in [0.25, 0.3) is 0 Å². The first-order valence-electron chi connectivity index (χ1n) is 8.14. The van der Waals surface area contributed by atoms with E-state index in [2.05, 4.69) is 37.9 Å². The molecule has 1 aliphatic heterocycles. The number of hydrogen-bond donors (Lipinski definition) is 1. The van der Waals surface area contributed by atoms with Gasteiger partial charge in [0.1, 0.15) is 0 Å². The van der Waals surface area contributed by atoms with E-state index in [-0.39, 0.29) is 0 Å². The lowest BCUT2D eigenvalue weighted by molar-refractivity contribution is 0.134. The van der Waals surface area contributed by atoms with E-state index >= 15 is 0 Å². The Morgan fingerprint density at radius 2 is 1.94 bits per heavy atom. The van der Waals surface area contributed by atoms with Crippen molar-refractivity contribution in [1.82, 2.24) is 10.2 Å². The molecule has 1 aliphatic rings. The Balaban J connectivity index is 2.30. The summed E-state index contributed by atoms with van der Waals surface area (Å²) in [6, 6.07) is 2.24. The zero-order valence-corrected chi connectivity index (χ0v) is 13.0. The SMILES string of the molecule is CCC1CCCCCN1C(C)CCCNC(C)C. The normalized spacial score (nSPS) is 24.2. The summed E-state index contributed by atoms with van der Waals surface area (Å²) in [5.74, 6) is 0. The van der Waals surface area contributed by atoms with Gasteiger partial charge in [-0.25, -0.2) is 0 Å². The number of nitrogens with one attached hydrogen (secondary N) is 1. The van der Waals surface area contributed by atoms with E-state index in [1.807, 2.05) is 0 Å². The molecule has 0 aliphatic carbocycles. The van der Waals surface area contributed by atoms with Crippen molar-refractivity contribution in [2.45, 2.75) is 90.8 Å². The summed E-state index contributed by atoms with van der Waals surface area (Å²) in [4.78, 5) is 2.79. The van der Waals surface area contributed by atoms with Gasteiger partial charge in [-0.1, -0.05) is 33.6 Å². The van der Waals surface area contributed by atoms with E-state index in [9.17, 15) is 0 Å². The van der Waals surface area contributed by atoms with E-state index in [0.717, 1.165) is 12.1 Å². The highest BCUT2D eigenvalue weighted by Gasteiger charge is 2.23. The molecule has 2 atom stereocenters. The van der Waals surface area contributed by atoms with Crippen molar-refractivity contribution < 1.29 is 0 Å². The summed E-state index contributed by atoms with van der Waals surface area (Å²) in [5, 5.41) is 3.52. The van der Waals surface area contributed by atoms with Gasteiger partial charge in [0, 0.05) is 18.1 Å². The van der Waals surface area contributed by atoms with Crippen LogP contribution in [0.2, 0.25) is 0 Å². The molecule has 0 radical (unpaired) electrons. The van der Waals surface area contributed by atoms with Crippen LogP contribution < -0.4 is 5.32 Å². The molecule has 1 saturated heterocycles. The number of hydrogen-bond acceptors (Lipinski definition) is 2. The molecule has 0 aromatic carbocycles. The van der Waals surface area contributed by atoms with Crippen LogP contribution >= 0.6 is 0 Å². The minimum absolute atomic E-state index is 0.627. The first-order valence-corrected chi connectivity index (χ1v) is 8.14. The maximum absolute atomic E-state index is 3.52. The molecule has 2 nitrogen and oxygen atoms in total. The van der Waals surface area contributed by atoms with Gasteiger partial charge in [-0.05, 0) is 52.1 Å². The third-order valence-electron chi connectivity index (χ3n) is 4.31. The fourth-order valence-corrected chi connectivity index (χ4v) is 3.17. The zero-order chi connectivity index (χ0) is 13.4. The maximum Gasteiger partial charge on any atom is 0.00954 e. The number of likely N-dealkylation sites (tertiary alicyclic amines) is 1. The summed E-state index contributed by atoms with van der Waals surface area (Å²) in [7, 11) is 0. The molecule has 0 saturated carbocycles. The minimum Gasteiger partial charge on any atom is -0.315 e. The second kappa shape index (κ2) is 8.92. The number of nitrogens with zero attached hydrogens (tertiary/aromatic N) is 1. The standard InChI is InChI=1S/C16H34N2/c1-5-16-11-7-6-8-13-18(16)15(4)10-9-12-17-14(2)3/h14-17H,5-13H2,1-4H3. The average molecular weight is 254 g/mol.